The van der Waals surface area contributed by atoms with E-state index in [-0.39, 0.29) is 0 Å². The fourth-order valence-electron chi connectivity index (χ4n) is 0.565. The van der Waals surface area contributed by atoms with Gasteiger partial charge < -0.3 is 0 Å². The van der Waals surface area contributed by atoms with Crippen LogP contribution in [0.3, 0.4) is 0 Å². The number of H-pyrrole nitrogens is 1. The number of aryl methyl sites for hydroxylation is 1. The monoisotopic (exact) mass is 372 g/mol. The molecule has 0 unspecified atom stereocenters. The van der Waals surface area contributed by atoms with E-state index in [2.05, 4.69) is 15.4 Å². The molecule has 1 radical (unpaired) electrons. The summed E-state index contributed by atoms with van der Waals surface area (Å²) < 4.78 is 0. The first kappa shape index (κ1) is 7.01. The molecule has 3 nitrogen and oxygen atoms in total. The van der Waals surface area contributed by atoms with Crippen LogP contribution in [-0.4, -0.2) is 15.4 Å². The third-order valence-electron chi connectivity index (χ3n) is 1.03. The van der Waals surface area contributed by atoms with E-state index in [1.807, 2.05) is 20.3 Å². The second kappa shape index (κ2) is 2.35. The van der Waals surface area contributed by atoms with E-state index < -0.39 is 0 Å². The fraction of sp³-hybridized carbons (Fsp3) is 0.400. The summed E-state index contributed by atoms with van der Waals surface area (Å²) >= 11 is 0. The molecule has 0 aromatic carbocycles. The van der Waals surface area contributed by atoms with Crippen LogP contribution in [0.1, 0.15) is 18.3 Å². The molecule has 4 heteroatoms. The Bertz CT molecular complexity index is 172. The first-order valence-corrected chi connectivity index (χ1v) is 2.51. The average molecular weight is 372 g/mol. The van der Waals surface area contributed by atoms with Crippen LogP contribution in [0.25, 0.3) is 0 Å². The maximum absolute atomic E-state index is 3.84. The van der Waals surface area contributed by atoms with E-state index in [1.165, 1.54) is 0 Å². The molecule has 0 bridgehead atoms. The second-order valence-electron chi connectivity index (χ2n) is 1.58. The number of rotatable bonds is 1. The average Bonchev–Trinajstić information content (AvgIpc) is 2.14. The maximum Gasteiger partial charge on any atom is 0 e. The number of hydrogen-bond donors (Lipinski definition) is 1. The van der Waals surface area contributed by atoms with Crippen molar-refractivity contribution in [3.63, 3.8) is 0 Å². The molecule has 9 heavy (non-hydrogen) atoms. The molecule has 0 aliphatic rings. The minimum absolute atomic E-state index is 0. The van der Waals surface area contributed by atoms with Crippen molar-refractivity contribution in [3.8, 4) is 0 Å². The summed E-state index contributed by atoms with van der Waals surface area (Å²) in [6, 6.07) is 0. The minimum Gasteiger partial charge on any atom is -0.259 e. The van der Waals surface area contributed by atoms with Gasteiger partial charge in [-0.1, -0.05) is 18.3 Å². The van der Waals surface area contributed by atoms with Gasteiger partial charge in [-0.05, 0) is 0 Å². The van der Waals surface area contributed by atoms with Crippen molar-refractivity contribution in [2.75, 3.05) is 0 Å². The van der Waals surface area contributed by atoms with Crippen LogP contribution in [0, 0.1) is 13.3 Å². The molecule has 0 amide bonds. The van der Waals surface area contributed by atoms with Crippen LogP contribution in [0.5, 0.6) is 0 Å². The molecule has 1 heterocycles. The van der Waals surface area contributed by atoms with Gasteiger partial charge in [-0.3, -0.25) is 5.10 Å². The Balaban J connectivity index is 0.000000640. The smallest absolute Gasteiger partial charge is 0 e. The molecule has 59 valence electrons. The summed E-state index contributed by atoms with van der Waals surface area (Å²) in [5.41, 5.74) is 1.89. The Labute approximate surface area is 48.1 Å². The summed E-state index contributed by atoms with van der Waals surface area (Å²) in [6.45, 7) is 3.85. The van der Waals surface area contributed by atoms with Crippen molar-refractivity contribution < 1.29 is 0 Å². The fourth-order valence-corrected chi connectivity index (χ4v) is 0.565. The normalized spacial score (nSPS) is 8.22. The first-order chi connectivity index (χ1) is 3.84. The SMILES string of the molecule is C[CH-]c1n[nH]nc1C.[Lr]. The third-order valence-corrected chi connectivity index (χ3v) is 1.03. The topological polar surface area (TPSA) is 41.6 Å². The number of aromatic amines is 1. The van der Waals surface area contributed by atoms with Gasteiger partial charge in [0.2, 0.25) is 0 Å². The van der Waals surface area contributed by atoms with Gasteiger partial charge in [0.15, 0.2) is 0 Å². The molecular weight excluding hydrogens is 364 g/mol. The molecule has 0 fully saturated rings. The van der Waals surface area contributed by atoms with Crippen molar-refractivity contribution in [2.45, 2.75) is 13.8 Å². The predicted octanol–water partition coefficient (Wildman–Crippen LogP) is 0.685. The minimum atomic E-state index is 0. The quantitative estimate of drug-likeness (QED) is 0.738. The van der Waals surface area contributed by atoms with E-state index in [4.69, 9.17) is 0 Å². The van der Waals surface area contributed by atoms with E-state index >= 15 is 0 Å². The van der Waals surface area contributed by atoms with Crippen LogP contribution in [0.2, 0.25) is 0 Å². The number of hydrogen-bond acceptors (Lipinski definition) is 2. The summed E-state index contributed by atoms with van der Waals surface area (Å²) in [6.07, 6.45) is 1.92. The molecule has 1 rings (SSSR count). The zero-order valence-electron chi connectivity index (χ0n) is 5.23. The molecule has 1 N–H and O–H groups in total. The van der Waals surface area contributed by atoms with Gasteiger partial charge in [-0.25, -0.2) is 11.6 Å². The summed E-state index contributed by atoms with van der Waals surface area (Å²) in [5, 5.41) is 10.2. The van der Waals surface area contributed by atoms with Crippen molar-refractivity contribution in [1.29, 1.82) is 0 Å². The Morgan fingerprint density at radius 1 is 1.44 bits per heavy atom. The zero-order chi connectivity index (χ0) is 5.98. The molecule has 0 saturated carbocycles. The van der Waals surface area contributed by atoms with Gasteiger partial charge in [-0.15, -0.1) is 6.92 Å². The number of nitrogens with one attached hydrogen (secondary N) is 1. The van der Waals surface area contributed by atoms with Crippen LogP contribution in [0.15, 0.2) is 0 Å². The van der Waals surface area contributed by atoms with Crippen molar-refractivity contribution in [3.05, 3.63) is 17.8 Å². The number of nitrogens with zero attached hydrogens (tertiary/aromatic N) is 2. The van der Waals surface area contributed by atoms with Crippen molar-refractivity contribution in [2.24, 2.45) is 0 Å². The maximum atomic E-state index is 3.84. The van der Waals surface area contributed by atoms with Crippen LogP contribution in [-0.2, 0) is 0 Å². The van der Waals surface area contributed by atoms with Gasteiger partial charge >= 0.3 is 0 Å². The molecule has 0 atom stereocenters. The third kappa shape index (κ3) is 0.964. The standard InChI is InChI=1S/C5H8N3.Lr/c1-3-5-4(2)6-8-7-5;/h3H,1-2H3,(H,6,7,8);/q-1;. The Morgan fingerprint density at radius 3 is 2.33 bits per heavy atom. The molecule has 0 saturated heterocycles. The van der Waals surface area contributed by atoms with Crippen molar-refractivity contribution in [1.82, 2.24) is 15.4 Å². The van der Waals surface area contributed by atoms with Gasteiger partial charge in [0, 0.05) is 0 Å². The van der Waals surface area contributed by atoms with Crippen molar-refractivity contribution >= 4 is 0 Å². The van der Waals surface area contributed by atoms with E-state index in [1.54, 1.807) is 0 Å². The zero-order valence-corrected chi connectivity index (χ0v) is 7.38. The van der Waals surface area contributed by atoms with E-state index in [0.29, 0.717) is 0 Å². The van der Waals surface area contributed by atoms with Gasteiger partial charge in [0.25, 0.3) is 0 Å². The molecule has 1 aromatic heterocycles. The summed E-state index contributed by atoms with van der Waals surface area (Å²) in [7, 11) is 0. The van der Waals surface area contributed by atoms with E-state index in [0.717, 1.165) is 11.4 Å². The largest absolute Gasteiger partial charge is 0.259 e. The number of aromatic nitrogens is 3. The van der Waals surface area contributed by atoms with Crippen LogP contribution >= 0.6 is 0 Å². The summed E-state index contributed by atoms with van der Waals surface area (Å²) in [4.78, 5) is 0. The first-order valence-electron chi connectivity index (χ1n) is 2.51. The molecule has 0 aliphatic carbocycles. The predicted molar refractivity (Wildman–Crippen MR) is 30.2 cm³/mol. The molecule has 0 aliphatic heterocycles. The molecule has 0 spiro atoms. The van der Waals surface area contributed by atoms with Gasteiger partial charge in [0.05, 0.1) is 0 Å². The van der Waals surface area contributed by atoms with Crippen LogP contribution in [0.4, 0.5) is 0 Å². The Kier molecular flexibility index (Phi) is 1.83. The molecule has 1 aromatic rings. The Hall–Kier alpha value is -1.99. The van der Waals surface area contributed by atoms with E-state index in [9.17, 15) is 0 Å². The Morgan fingerprint density at radius 2 is 2.11 bits per heavy atom. The molecular formula is C5H8LrN3-. The van der Waals surface area contributed by atoms with Crippen LogP contribution < -0.4 is 0 Å². The van der Waals surface area contributed by atoms with Gasteiger partial charge in [-0.2, -0.15) is 5.10 Å². The second-order valence-corrected chi connectivity index (χ2v) is 1.58. The van der Waals surface area contributed by atoms with Gasteiger partial charge in [0.1, 0.15) is 0 Å². The summed E-state index contributed by atoms with van der Waals surface area (Å²) in [5.74, 6) is 0.